The zero-order chi connectivity index (χ0) is 36.9. The van der Waals surface area contributed by atoms with E-state index in [-0.39, 0.29) is 17.5 Å². The number of Topliss-reactive ketones (excluding diaryl/α,β-unsaturated/α-hetero) is 2. The van der Waals surface area contributed by atoms with Gasteiger partial charge in [0.15, 0.2) is 11.2 Å². The first-order valence-electron chi connectivity index (χ1n) is 18.9. The molecule has 9 heteroatoms. The lowest BCUT2D eigenvalue weighted by Gasteiger charge is -2.25. The molecule has 2 N–H and O–H groups in total. The summed E-state index contributed by atoms with van der Waals surface area (Å²) in [7, 11) is 0. The summed E-state index contributed by atoms with van der Waals surface area (Å²) in [5.41, 5.74) is 11.4. The van der Waals surface area contributed by atoms with Crippen molar-refractivity contribution in [1.29, 1.82) is 0 Å². The van der Waals surface area contributed by atoms with Crippen molar-refractivity contribution in [2.75, 3.05) is 39.4 Å². The summed E-state index contributed by atoms with van der Waals surface area (Å²) in [5, 5.41) is 0. The number of hydrogen-bond acceptors (Lipinski definition) is 8. The van der Waals surface area contributed by atoms with Crippen LogP contribution in [0.2, 0.25) is 0 Å². The largest absolute Gasteiger partial charge is 0.461 e. The Balaban J connectivity index is 1.09. The number of alkyl halides is 1. The standard InChI is InChI=1S/C43H53FN4O4/c1-4-24-48(25-22-45)30-35(49)11-6-9-26-51-27-10-7-13-40(50)37-19-16-34(28-31(37)2)43(20-21-43)42-41-38(12-5-8-23-46-42)39(29-47-41)33-14-17-36(18-15-33)52-32(3)44/h8,14-19,23,28-29,32,38H,4-7,9-13,22,24-27,30,45H2,1-3H3/b23-8-,46-42+. The van der Waals surface area contributed by atoms with Gasteiger partial charge in [0.1, 0.15) is 11.5 Å². The van der Waals surface area contributed by atoms with Crippen molar-refractivity contribution in [2.24, 2.45) is 21.6 Å². The summed E-state index contributed by atoms with van der Waals surface area (Å²) in [4.78, 5) is 37.4. The molecule has 3 aliphatic rings. The number of allylic oxidation sites excluding steroid dienone is 2. The predicted molar refractivity (Wildman–Crippen MR) is 207 cm³/mol. The second-order valence-corrected chi connectivity index (χ2v) is 13.9. The van der Waals surface area contributed by atoms with Gasteiger partial charge in [-0.1, -0.05) is 55.2 Å². The Bertz CT molecular complexity index is 1730. The number of carbonyl (C=O) groups is 2. The highest BCUT2D eigenvalue weighted by Crippen LogP contribution is 2.41. The predicted octanol–water partition coefficient (Wildman–Crippen LogP) is 7.58. The summed E-state index contributed by atoms with van der Waals surface area (Å²) >= 11 is 0. The first kappa shape index (κ1) is 39.0. The van der Waals surface area contributed by atoms with E-state index < -0.39 is 11.8 Å². The molecule has 2 heterocycles. The SMILES string of the molecule is CCCN(CCN)CC(=O)CCCCOCCCCC(=O)c1ccc(C2(/C3=N/C=C\CCC4C(c5ccc(OC(C)F)cc5)=CN=C34)C#C2)cc1C. The number of carbonyl (C=O) groups excluding carboxylic acids is 2. The summed E-state index contributed by atoms with van der Waals surface area (Å²) in [6.45, 7) is 9.40. The Hall–Kier alpha value is -4.23. The number of ketones is 2. The van der Waals surface area contributed by atoms with Crippen molar-refractivity contribution < 1.29 is 23.5 Å². The van der Waals surface area contributed by atoms with Gasteiger partial charge in [0, 0.05) is 69.9 Å². The average Bonchev–Trinajstić information content (AvgIpc) is 3.81. The van der Waals surface area contributed by atoms with Gasteiger partial charge < -0.3 is 15.2 Å². The fourth-order valence-corrected chi connectivity index (χ4v) is 7.02. The van der Waals surface area contributed by atoms with E-state index >= 15 is 0 Å². The molecule has 8 nitrogen and oxygen atoms in total. The van der Waals surface area contributed by atoms with Crippen LogP contribution >= 0.6 is 0 Å². The quantitative estimate of drug-likeness (QED) is 0.0768. The summed E-state index contributed by atoms with van der Waals surface area (Å²) in [6.07, 6.45) is 11.5. The zero-order valence-electron chi connectivity index (χ0n) is 31.0. The molecule has 1 aliphatic carbocycles. The number of nitrogens with two attached hydrogens (primary N) is 1. The highest BCUT2D eigenvalue weighted by atomic mass is 19.1. The van der Waals surface area contributed by atoms with Crippen LogP contribution in [0.4, 0.5) is 4.39 Å². The second-order valence-electron chi connectivity index (χ2n) is 13.9. The van der Waals surface area contributed by atoms with Crippen molar-refractivity contribution in [1.82, 2.24) is 4.90 Å². The van der Waals surface area contributed by atoms with E-state index in [2.05, 4.69) is 35.8 Å². The van der Waals surface area contributed by atoms with E-state index in [1.165, 1.54) is 6.92 Å². The van der Waals surface area contributed by atoms with Crippen LogP contribution in [0.5, 0.6) is 5.75 Å². The molecule has 2 atom stereocenters. The first-order valence-corrected chi connectivity index (χ1v) is 18.9. The first-order chi connectivity index (χ1) is 25.3. The third kappa shape index (κ3) is 10.2. The van der Waals surface area contributed by atoms with Gasteiger partial charge in [0.05, 0.1) is 18.0 Å². The molecule has 0 spiro atoms. The number of unbranched alkanes of at least 4 members (excludes halogenated alkanes) is 2. The van der Waals surface area contributed by atoms with Crippen LogP contribution < -0.4 is 10.5 Å². The summed E-state index contributed by atoms with van der Waals surface area (Å²) in [6, 6.07) is 13.4. The van der Waals surface area contributed by atoms with Crippen molar-refractivity contribution >= 4 is 28.6 Å². The van der Waals surface area contributed by atoms with Gasteiger partial charge in [-0.3, -0.25) is 24.5 Å². The van der Waals surface area contributed by atoms with Crippen LogP contribution in [-0.2, 0) is 14.9 Å². The van der Waals surface area contributed by atoms with Crippen LogP contribution in [0.3, 0.4) is 0 Å². The summed E-state index contributed by atoms with van der Waals surface area (Å²) in [5.74, 6) is 7.61. The Morgan fingerprint density at radius 1 is 1.04 bits per heavy atom. The van der Waals surface area contributed by atoms with Gasteiger partial charge >= 0.3 is 0 Å². The number of benzene rings is 2. The highest BCUT2D eigenvalue weighted by molar-refractivity contribution is 6.51. The second kappa shape index (κ2) is 19.0. The average molecular weight is 709 g/mol. The number of aliphatic imine (C=N–C) groups is 2. The van der Waals surface area contributed by atoms with E-state index in [9.17, 15) is 14.0 Å². The molecule has 0 saturated heterocycles. The minimum atomic E-state index is -1.38. The minimum Gasteiger partial charge on any atom is -0.461 e. The topological polar surface area (TPSA) is 107 Å². The van der Waals surface area contributed by atoms with Crippen LogP contribution in [0, 0.1) is 24.7 Å². The monoisotopic (exact) mass is 708 g/mol. The molecular weight excluding hydrogens is 655 g/mol. The molecular formula is C43H53FN4O4. The van der Waals surface area contributed by atoms with Crippen LogP contribution in [-0.4, -0.2) is 73.6 Å². The lowest BCUT2D eigenvalue weighted by atomic mass is 9.77. The van der Waals surface area contributed by atoms with Crippen LogP contribution in [0.15, 0.2) is 70.9 Å². The maximum absolute atomic E-state index is 13.3. The van der Waals surface area contributed by atoms with Gasteiger partial charge in [-0.25, -0.2) is 4.39 Å². The lowest BCUT2D eigenvalue weighted by molar-refractivity contribution is -0.120. The van der Waals surface area contributed by atoms with E-state index in [0.29, 0.717) is 44.9 Å². The Kier molecular flexibility index (Phi) is 14.3. The Morgan fingerprint density at radius 2 is 1.79 bits per heavy atom. The van der Waals surface area contributed by atoms with Crippen molar-refractivity contribution in [2.45, 2.75) is 90.3 Å². The molecule has 5 rings (SSSR count). The maximum Gasteiger partial charge on any atom is 0.235 e. The molecule has 0 saturated carbocycles. The molecule has 2 aromatic rings. The van der Waals surface area contributed by atoms with Crippen LogP contribution in [0.25, 0.3) is 5.57 Å². The van der Waals surface area contributed by atoms with Gasteiger partial charge in [-0.2, -0.15) is 0 Å². The van der Waals surface area contributed by atoms with E-state index in [4.69, 9.17) is 25.2 Å². The minimum absolute atomic E-state index is 0.0418. The van der Waals surface area contributed by atoms with Crippen LogP contribution in [0.1, 0.15) is 98.7 Å². The van der Waals surface area contributed by atoms with E-state index in [1.54, 1.807) is 12.1 Å². The third-order valence-electron chi connectivity index (χ3n) is 9.72. The molecule has 0 aromatic heterocycles. The molecule has 0 amide bonds. The summed E-state index contributed by atoms with van der Waals surface area (Å²) < 4.78 is 24.3. The van der Waals surface area contributed by atoms with Gasteiger partial charge in [-0.05, 0) is 92.8 Å². The number of hydrogen-bond donors (Lipinski definition) is 1. The van der Waals surface area contributed by atoms with Crippen molar-refractivity contribution in [3.63, 3.8) is 0 Å². The van der Waals surface area contributed by atoms with E-state index in [1.807, 2.05) is 43.6 Å². The van der Waals surface area contributed by atoms with Crippen molar-refractivity contribution in [3.8, 4) is 17.6 Å². The molecule has 0 fully saturated rings. The molecule has 276 valence electrons. The van der Waals surface area contributed by atoms with Crippen molar-refractivity contribution in [3.05, 3.63) is 83.2 Å². The smallest absolute Gasteiger partial charge is 0.235 e. The fourth-order valence-electron chi connectivity index (χ4n) is 7.02. The lowest BCUT2D eigenvalue weighted by Crippen LogP contribution is -2.36. The molecule has 2 aromatic carbocycles. The number of aryl methyl sites for hydroxylation is 1. The molecule has 0 radical (unpaired) electrons. The molecule has 2 unspecified atom stereocenters. The fraction of sp³-hybridized carbons (Fsp3) is 0.488. The van der Waals surface area contributed by atoms with E-state index in [0.717, 1.165) is 97.3 Å². The van der Waals surface area contributed by atoms with Gasteiger partial charge in [-0.15, -0.1) is 0 Å². The van der Waals surface area contributed by atoms with Gasteiger partial charge in [0.25, 0.3) is 0 Å². The number of ether oxygens (including phenoxy) is 2. The molecule has 2 aliphatic heterocycles. The highest BCUT2D eigenvalue weighted by Gasteiger charge is 2.47. The maximum atomic E-state index is 13.3. The molecule has 52 heavy (non-hydrogen) atoms. The molecule has 0 bridgehead atoms. The van der Waals surface area contributed by atoms with Gasteiger partial charge in [0.2, 0.25) is 6.36 Å². The third-order valence-corrected chi connectivity index (χ3v) is 9.72. The zero-order valence-corrected chi connectivity index (χ0v) is 31.0. The number of nitrogens with zero attached hydrogens (tertiary/aromatic N) is 3. The Morgan fingerprint density at radius 3 is 2.46 bits per heavy atom. The Labute approximate surface area is 308 Å². The normalized spacial score (nSPS) is 19.2. The number of halogens is 1. The number of fused-ring (bicyclic) bond motifs is 1. The number of rotatable bonds is 22.